The van der Waals surface area contributed by atoms with Crippen LogP contribution in [0.1, 0.15) is 20.1 Å². The number of amides is 1. The average molecular weight is 271 g/mol. The molecule has 0 radical (unpaired) electrons. The van der Waals surface area contributed by atoms with Crippen LogP contribution in [0, 0.1) is 0 Å². The molecule has 1 amide bonds. The van der Waals surface area contributed by atoms with Gasteiger partial charge in [0.1, 0.15) is 0 Å². The van der Waals surface area contributed by atoms with Gasteiger partial charge in [0.2, 0.25) is 0 Å². The first-order valence-corrected chi connectivity index (χ1v) is 7.11. The minimum Gasteiger partial charge on any atom is -0.409 e. The van der Waals surface area contributed by atoms with Crippen LogP contribution in [-0.4, -0.2) is 29.2 Å². The molecule has 0 unspecified atom stereocenters. The molecule has 1 aliphatic rings. The van der Waals surface area contributed by atoms with E-state index < -0.39 is 0 Å². The van der Waals surface area contributed by atoms with Crippen molar-refractivity contribution >= 4 is 34.8 Å². The van der Waals surface area contributed by atoms with E-state index in [-0.39, 0.29) is 18.3 Å². The van der Waals surface area contributed by atoms with Crippen LogP contribution in [0.25, 0.3) is 0 Å². The highest BCUT2D eigenvalue weighted by atomic mass is 32.2. The van der Waals surface area contributed by atoms with E-state index in [0.717, 1.165) is 17.9 Å². The summed E-state index contributed by atoms with van der Waals surface area (Å²) >= 11 is 3.42. The third kappa shape index (κ3) is 2.92. The minimum atomic E-state index is -0.166. The molecular formula is C10H13N3O2S2. The van der Waals surface area contributed by atoms with Crippen LogP contribution in [0.4, 0.5) is 0 Å². The number of thioether (sulfide) groups is 1. The predicted octanol–water partition coefficient (Wildman–Crippen LogP) is 1.01. The van der Waals surface area contributed by atoms with Crippen molar-refractivity contribution in [1.82, 2.24) is 5.32 Å². The molecule has 0 bridgehead atoms. The van der Waals surface area contributed by atoms with Crippen molar-refractivity contribution in [2.45, 2.75) is 12.2 Å². The molecule has 0 saturated heterocycles. The standard InChI is InChI=1S/C10H13N3O2S2/c11-9(13-15)4-12-10(14)8-3-6-5-16-2-1-7(6)17-8/h3,15H,1-2,4-5H2,(H2,11,13)(H,12,14). The molecule has 0 fully saturated rings. The Labute approximate surface area is 107 Å². The fraction of sp³-hybridized carbons (Fsp3) is 0.400. The smallest absolute Gasteiger partial charge is 0.261 e. The SMILES string of the molecule is NC(CNC(=O)c1cc2c(s1)CCSC2)=NO. The molecule has 4 N–H and O–H groups in total. The highest BCUT2D eigenvalue weighted by Crippen LogP contribution is 2.31. The molecule has 92 valence electrons. The number of nitrogens with two attached hydrogens (primary N) is 1. The van der Waals surface area contributed by atoms with E-state index in [4.69, 9.17) is 10.9 Å². The van der Waals surface area contributed by atoms with Gasteiger partial charge in [-0.1, -0.05) is 5.16 Å². The minimum absolute atomic E-state index is 0.00442. The van der Waals surface area contributed by atoms with Gasteiger partial charge in [0.15, 0.2) is 5.84 Å². The summed E-state index contributed by atoms with van der Waals surface area (Å²) in [5, 5.41) is 13.8. The zero-order valence-electron chi connectivity index (χ0n) is 9.10. The first-order chi connectivity index (χ1) is 8.20. The van der Waals surface area contributed by atoms with Gasteiger partial charge in [-0.25, -0.2) is 0 Å². The third-order valence-corrected chi connectivity index (χ3v) is 4.65. The average Bonchev–Trinajstić information content (AvgIpc) is 2.79. The molecule has 0 aromatic carbocycles. The summed E-state index contributed by atoms with van der Waals surface area (Å²) in [7, 11) is 0. The topological polar surface area (TPSA) is 87.7 Å². The van der Waals surface area contributed by atoms with Crippen molar-refractivity contribution in [1.29, 1.82) is 0 Å². The van der Waals surface area contributed by atoms with Crippen LogP contribution in [0.2, 0.25) is 0 Å². The second-order valence-corrected chi connectivity index (χ2v) is 5.88. The van der Waals surface area contributed by atoms with E-state index in [9.17, 15) is 4.79 Å². The second kappa shape index (κ2) is 5.42. The number of nitrogens with zero attached hydrogens (tertiary/aromatic N) is 1. The number of carbonyl (C=O) groups excluding carboxylic acids is 1. The largest absolute Gasteiger partial charge is 0.409 e. The molecule has 2 heterocycles. The van der Waals surface area contributed by atoms with E-state index in [1.165, 1.54) is 21.8 Å². The van der Waals surface area contributed by atoms with Crippen molar-refractivity contribution in [3.63, 3.8) is 0 Å². The molecule has 5 nitrogen and oxygen atoms in total. The van der Waals surface area contributed by atoms with Crippen LogP contribution in [0.3, 0.4) is 0 Å². The lowest BCUT2D eigenvalue weighted by Gasteiger charge is -2.08. The Morgan fingerprint density at radius 3 is 3.18 bits per heavy atom. The first-order valence-electron chi connectivity index (χ1n) is 5.14. The number of carbonyl (C=O) groups is 1. The van der Waals surface area contributed by atoms with Gasteiger partial charge in [-0.05, 0) is 23.8 Å². The monoisotopic (exact) mass is 271 g/mol. The van der Waals surface area contributed by atoms with E-state index in [0.29, 0.717) is 4.88 Å². The second-order valence-electron chi connectivity index (χ2n) is 3.64. The van der Waals surface area contributed by atoms with Gasteiger partial charge in [-0.15, -0.1) is 11.3 Å². The van der Waals surface area contributed by atoms with Gasteiger partial charge in [-0.2, -0.15) is 11.8 Å². The molecule has 0 spiro atoms. The van der Waals surface area contributed by atoms with Gasteiger partial charge in [0, 0.05) is 10.6 Å². The van der Waals surface area contributed by atoms with Crippen molar-refractivity contribution < 1.29 is 10.0 Å². The number of oxime groups is 1. The van der Waals surface area contributed by atoms with E-state index in [1.54, 1.807) is 0 Å². The molecule has 0 saturated carbocycles. The van der Waals surface area contributed by atoms with Gasteiger partial charge in [0.05, 0.1) is 11.4 Å². The highest BCUT2D eigenvalue weighted by Gasteiger charge is 2.17. The van der Waals surface area contributed by atoms with Crippen LogP contribution in [0.15, 0.2) is 11.2 Å². The number of amidine groups is 1. The molecular weight excluding hydrogens is 258 g/mol. The van der Waals surface area contributed by atoms with Crippen LogP contribution >= 0.6 is 23.1 Å². The predicted molar refractivity (Wildman–Crippen MR) is 69.9 cm³/mol. The third-order valence-electron chi connectivity index (χ3n) is 2.41. The zero-order valence-corrected chi connectivity index (χ0v) is 10.7. The summed E-state index contributed by atoms with van der Waals surface area (Å²) in [5.74, 6) is 1.94. The Hall–Kier alpha value is -1.21. The lowest BCUT2D eigenvalue weighted by molar-refractivity contribution is 0.0963. The van der Waals surface area contributed by atoms with Gasteiger partial charge in [0.25, 0.3) is 5.91 Å². The van der Waals surface area contributed by atoms with Crippen LogP contribution < -0.4 is 11.1 Å². The van der Waals surface area contributed by atoms with E-state index in [1.807, 2.05) is 17.8 Å². The van der Waals surface area contributed by atoms with E-state index >= 15 is 0 Å². The first kappa shape index (κ1) is 12.3. The Morgan fingerprint density at radius 1 is 1.65 bits per heavy atom. The molecule has 2 rings (SSSR count). The molecule has 1 aromatic rings. The quantitative estimate of drug-likeness (QED) is 0.331. The number of hydrogen-bond donors (Lipinski definition) is 3. The van der Waals surface area contributed by atoms with E-state index in [2.05, 4.69) is 10.5 Å². The Bertz CT molecular complexity index is 433. The summed E-state index contributed by atoms with van der Waals surface area (Å²) in [6.45, 7) is 0.0622. The summed E-state index contributed by atoms with van der Waals surface area (Å²) in [6, 6.07) is 1.94. The maximum Gasteiger partial charge on any atom is 0.261 e. The van der Waals surface area contributed by atoms with Crippen LogP contribution in [0.5, 0.6) is 0 Å². The summed E-state index contributed by atoms with van der Waals surface area (Å²) in [6.07, 6.45) is 1.04. The Balaban J connectivity index is 2.02. The molecule has 7 heteroatoms. The van der Waals surface area contributed by atoms with Crippen molar-refractivity contribution in [3.8, 4) is 0 Å². The molecule has 0 atom stereocenters. The van der Waals surface area contributed by atoms with Crippen molar-refractivity contribution in [2.24, 2.45) is 10.9 Å². The van der Waals surface area contributed by atoms with Crippen molar-refractivity contribution in [3.05, 3.63) is 21.4 Å². The van der Waals surface area contributed by atoms with Crippen molar-refractivity contribution in [2.75, 3.05) is 12.3 Å². The lowest BCUT2D eigenvalue weighted by atomic mass is 10.2. The number of rotatable bonds is 3. The summed E-state index contributed by atoms with van der Waals surface area (Å²) in [5.41, 5.74) is 6.55. The number of nitrogens with one attached hydrogen (secondary N) is 1. The summed E-state index contributed by atoms with van der Waals surface area (Å²) in [4.78, 5) is 13.8. The maximum atomic E-state index is 11.8. The van der Waals surface area contributed by atoms with Crippen LogP contribution in [-0.2, 0) is 12.2 Å². The molecule has 17 heavy (non-hydrogen) atoms. The lowest BCUT2D eigenvalue weighted by Crippen LogP contribution is -2.33. The normalized spacial score (nSPS) is 15.4. The molecule has 1 aromatic heterocycles. The Morgan fingerprint density at radius 2 is 2.47 bits per heavy atom. The maximum absolute atomic E-state index is 11.8. The van der Waals surface area contributed by atoms with Gasteiger partial charge in [-0.3, -0.25) is 4.79 Å². The van der Waals surface area contributed by atoms with Gasteiger partial charge >= 0.3 is 0 Å². The number of thiophene rings is 1. The summed E-state index contributed by atoms with van der Waals surface area (Å²) < 4.78 is 0. The number of fused-ring (bicyclic) bond motifs is 1. The molecule has 1 aliphatic heterocycles. The van der Waals surface area contributed by atoms with Gasteiger partial charge < -0.3 is 16.3 Å². The number of aryl methyl sites for hydroxylation is 1. The number of hydrogen-bond acceptors (Lipinski definition) is 5. The zero-order chi connectivity index (χ0) is 12.3. The molecule has 0 aliphatic carbocycles. The fourth-order valence-corrected chi connectivity index (χ4v) is 3.84. The fourth-order valence-electron chi connectivity index (χ4n) is 1.55. The Kier molecular flexibility index (Phi) is 3.90. The highest BCUT2D eigenvalue weighted by molar-refractivity contribution is 7.98.